The number of imidazole rings is 1. The van der Waals surface area contributed by atoms with Crippen LogP contribution in [0.4, 0.5) is 0 Å². The van der Waals surface area contributed by atoms with Gasteiger partial charge in [0.25, 0.3) is 6.01 Å². The van der Waals surface area contributed by atoms with Crippen LogP contribution in [0.15, 0.2) is 60.7 Å². The lowest BCUT2D eigenvalue weighted by molar-refractivity contribution is 0.0976. The van der Waals surface area contributed by atoms with E-state index in [4.69, 9.17) is 21.3 Å². The minimum atomic E-state index is 0.115. The van der Waals surface area contributed by atoms with E-state index in [1.807, 2.05) is 36.4 Å². The van der Waals surface area contributed by atoms with Crippen LogP contribution in [0.2, 0.25) is 5.02 Å². The van der Waals surface area contributed by atoms with Crippen molar-refractivity contribution in [3.8, 4) is 28.4 Å². The van der Waals surface area contributed by atoms with Gasteiger partial charge < -0.3 is 14.8 Å². The summed E-state index contributed by atoms with van der Waals surface area (Å²) in [5, 5.41) is 9.87. The molecule has 0 bridgehead atoms. The number of ether oxygens (including phenoxy) is 1. The summed E-state index contributed by atoms with van der Waals surface area (Å²) in [6.45, 7) is 0.259. The van der Waals surface area contributed by atoms with Crippen molar-refractivity contribution in [3.05, 3.63) is 65.7 Å². The summed E-state index contributed by atoms with van der Waals surface area (Å²) in [6.07, 6.45) is 3.93. The Morgan fingerprint density at radius 1 is 0.903 bits per heavy atom. The van der Waals surface area contributed by atoms with E-state index in [0.717, 1.165) is 42.3 Å². The summed E-state index contributed by atoms with van der Waals surface area (Å²) < 4.78 is 6.05. The van der Waals surface area contributed by atoms with E-state index < -0.39 is 0 Å². The van der Waals surface area contributed by atoms with Gasteiger partial charge in [0.1, 0.15) is 6.10 Å². The van der Waals surface area contributed by atoms with Gasteiger partial charge in [-0.3, -0.25) is 0 Å². The van der Waals surface area contributed by atoms with Crippen LogP contribution < -0.4 is 4.74 Å². The molecule has 31 heavy (non-hydrogen) atoms. The van der Waals surface area contributed by atoms with Crippen molar-refractivity contribution < 1.29 is 9.84 Å². The lowest BCUT2D eigenvalue weighted by Gasteiger charge is -2.26. The molecule has 2 N–H and O–H groups in total. The number of aliphatic hydroxyl groups excluding tert-OH is 1. The number of H-pyrrole nitrogens is 1. The summed E-state index contributed by atoms with van der Waals surface area (Å²) in [7, 11) is 0. The molecule has 1 aliphatic rings. The van der Waals surface area contributed by atoms with E-state index >= 15 is 0 Å². The third-order valence-corrected chi connectivity index (χ3v) is 6.29. The van der Waals surface area contributed by atoms with E-state index in [1.54, 1.807) is 0 Å². The first-order chi connectivity index (χ1) is 15.2. The number of hydrogen-bond acceptors (Lipinski definition) is 4. The summed E-state index contributed by atoms with van der Waals surface area (Å²) in [5.41, 5.74) is 5.31. The molecule has 1 fully saturated rings. The number of fused-ring (bicyclic) bond motifs is 1. The van der Waals surface area contributed by atoms with Gasteiger partial charge in [0.05, 0.1) is 16.2 Å². The lowest BCUT2D eigenvalue weighted by Crippen LogP contribution is -2.25. The number of pyridine rings is 1. The molecule has 0 unspecified atom stereocenters. The predicted octanol–water partition coefficient (Wildman–Crippen LogP) is 5.88. The fraction of sp³-hybridized carbons (Fsp3) is 0.280. The highest BCUT2D eigenvalue weighted by Crippen LogP contribution is 2.32. The molecule has 0 amide bonds. The van der Waals surface area contributed by atoms with Crippen molar-refractivity contribution in [1.29, 1.82) is 0 Å². The van der Waals surface area contributed by atoms with Crippen molar-refractivity contribution in [2.45, 2.75) is 31.8 Å². The highest BCUT2D eigenvalue weighted by atomic mass is 35.5. The van der Waals surface area contributed by atoms with E-state index in [-0.39, 0.29) is 12.7 Å². The van der Waals surface area contributed by atoms with Gasteiger partial charge in [-0.05, 0) is 48.8 Å². The average molecular weight is 434 g/mol. The van der Waals surface area contributed by atoms with Crippen LogP contribution in [0.5, 0.6) is 6.01 Å². The molecule has 0 saturated heterocycles. The molecular weight excluding hydrogens is 410 g/mol. The van der Waals surface area contributed by atoms with E-state index in [2.05, 4.69) is 34.2 Å². The average Bonchev–Trinajstić information content (AvgIpc) is 3.20. The third-order valence-electron chi connectivity index (χ3n) is 6.00. The number of rotatable bonds is 5. The van der Waals surface area contributed by atoms with Crippen molar-refractivity contribution in [2.75, 3.05) is 6.61 Å². The molecule has 2 aromatic heterocycles. The van der Waals surface area contributed by atoms with Gasteiger partial charge in [-0.25, -0.2) is 4.98 Å². The van der Waals surface area contributed by atoms with Gasteiger partial charge in [-0.2, -0.15) is 4.98 Å². The van der Waals surface area contributed by atoms with Gasteiger partial charge >= 0.3 is 0 Å². The molecule has 5 nitrogen and oxygen atoms in total. The van der Waals surface area contributed by atoms with Crippen LogP contribution in [-0.2, 0) is 0 Å². The fourth-order valence-corrected chi connectivity index (χ4v) is 4.46. The Labute approximate surface area is 186 Å². The van der Waals surface area contributed by atoms with Gasteiger partial charge in [-0.15, -0.1) is 0 Å². The topological polar surface area (TPSA) is 71.0 Å². The SMILES string of the molecule is OC[C@H]1CC[C@H](Oc2nc3nc(-c4ccc(-c5ccccc5)cc4)c(Cl)cc3[nH]2)CC1. The van der Waals surface area contributed by atoms with Crippen molar-refractivity contribution in [3.63, 3.8) is 0 Å². The highest BCUT2D eigenvalue weighted by Gasteiger charge is 2.23. The lowest BCUT2D eigenvalue weighted by atomic mass is 9.88. The van der Waals surface area contributed by atoms with Crippen molar-refractivity contribution >= 4 is 22.8 Å². The second-order valence-electron chi connectivity index (χ2n) is 8.12. The van der Waals surface area contributed by atoms with Gasteiger partial charge in [0.15, 0.2) is 5.65 Å². The summed E-state index contributed by atoms with van der Waals surface area (Å²) >= 11 is 6.55. The monoisotopic (exact) mass is 433 g/mol. The minimum absolute atomic E-state index is 0.115. The van der Waals surface area contributed by atoms with Crippen LogP contribution in [0.3, 0.4) is 0 Å². The summed E-state index contributed by atoms with van der Waals surface area (Å²) in [4.78, 5) is 12.4. The Bertz CT molecular complexity index is 1170. The fourth-order valence-electron chi connectivity index (χ4n) is 4.20. The first-order valence-corrected chi connectivity index (χ1v) is 11.1. The molecule has 2 heterocycles. The Balaban J connectivity index is 1.37. The Morgan fingerprint density at radius 3 is 2.29 bits per heavy atom. The van der Waals surface area contributed by atoms with E-state index in [9.17, 15) is 5.11 Å². The third kappa shape index (κ3) is 4.29. The predicted molar refractivity (Wildman–Crippen MR) is 123 cm³/mol. The molecule has 0 atom stereocenters. The molecule has 2 aromatic carbocycles. The van der Waals surface area contributed by atoms with E-state index in [1.165, 1.54) is 5.56 Å². The molecule has 0 spiro atoms. The van der Waals surface area contributed by atoms with Gasteiger partial charge in [0, 0.05) is 12.2 Å². The number of nitrogens with one attached hydrogen (secondary N) is 1. The standard InChI is InChI=1S/C25H24ClN3O2/c26-21-14-22-24(29-25(27-22)31-20-12-6-16(15-30)7-13-20)28-23(21)19-10-8-18(9-11-19)17-4-2-1-3-5-17/h1-5,8-11,14,16,20,30H,6-7,12-13,15H2,(H,27,28,29)/t16-,20-. The normalized spacial score (nSPS) is 18.9. The van der Waals surface area contributed by atoms with Crippen molar-refractivity contribution in [1.82, 2.24) is 15.0 Å². The number of hydrogen-bond donors (Lipinski definition) is 2. The summed E-state index contributed by atoms with van der Waals surface area (Å²) in [6, 6.07) is 20.8. The number of benzene rings is 2. The molecular formula is C25H24ClN3O2. The van der Waals surface area contributed by atoms with Crippen LogP contribution in [-0.4, -0.2) is 32.8 Å². The zero-order valence-electron chi connectivity index (χ0n) is 17.1. The first kappa shape index (κ1) is 20.0. The number of aliphatic hydroxyl groups is 1. The molecule has 1 saturated carbocycles. The minimum Gasteiger partial charge on any atom is -0.461 e. The Kier molecular flexibility index (Phi) is 5.62. The molecule has 5 rings (SSSR count). The smallest absolute Gasteiger partial charge is 0.296 e. The maximum atomic E-state index is 9.30. The largest absolute Gasteiger partial charge is 0.461 e. The Morgan fingerprint density at radius 2 is 1.58 bits per heavy atom. The Hall–Kier alpha value is -2.89. The maximum Gasteiger partial charge on any atom is 0.296 e. The molecule has 158 valence electrons. The molecule has 6 heteroatoms. The highest BCUT2D eigenvalue weighted by molar-refractivity contribution is 6.33. The van der Waals surface area contributed by atoms with Crippen LogP contribution in [0.1, 0.15) is 25.7 Å². The maximum absolute atomic E-state index is 9.30. The number of halogens is 1. The van der Waals surface area contributed by atoms with Crippen LogP contribution >= 0.6 is 11.6 Å². The van der Waals surface area contributed by atoms with E-state index in [0.29, 0.717) is 28.3 Å². The second-order valence-corrected chi connectivity index (χ2v) is 8.53. The first-order valence-electron chi connectivity index (χ1n) is 10.7. The summed E-state index contributed by atoms with van der Waals surface area (Å²) in [5.74, 6) is 0.395. The van der Waals surface area contributed by atoms with Gasteiger partial charge in [-0.1, -0.05) is 66.2 Å². The zero-order chi connectivity index (χ0) is 21.2. The molecule has 0 radical (unpaired) electrons. The number of aromatic amines is 1. The number of nitrogens with zero attached hydrogens (tertiary/aromatic N) is 2. The molecule has 4 aromatic rings. The number of aromatic nitrogens is 3. The van der Waals surface area contributed by atoms with Gasteiger partial charge in [0.2, 0.25) is 0 Å². The molecule has 1 aliphatic carbocycles. The molecule has 0 aliphatic heterocycles. The van der Waals surface area contributed by atoms with Crippen LogP contribution in [0.25, 0.3) is 33.5 Å². The zero-order valence-corrected chi connectivity index (χ0v) is 17.8. The quantitative estimate of drug-likeness (QED) is 0.412. The van der Waals surface area contributed by atoms with Crippen LogP contribution in [0, 0.1) is 5.92 Å². The second kappa shape index (κ2) is 8.69. The van der Waals surface area contributed by atoms with Crippen molar-refractivity contribution in [2.24, 2.45) is 5.92 Å².